The number of nitrogens with one attached hydrogen (secondary N) is 1. The van der Waals surface area contributed by atoms with Crippen molar-refractivity contribution in [1.29, 1.82) is 0 Å². The molecule has 1 aromatic heterocycles. The van der Waals surface area contributed by atoms with Crippen LogP contribution in [0.25, 0.3) is 11.3 Å². The molecule has 14 heavy (non-hydrogen) atoms. The van der Waals surface area contributed by atoms with Crippen LogP contribution in [0.15, 0.2) is 18.2 Å². The van der Waals surface area contributed by atoms with Crippen LogP contribution in [0, 0.1) is 26.0 Å². The summed E-state index contributed by atoms with van der Waals surface area (Å²) < 4.78 is 0. The Morgan fingerprint density at radius 1 is 1.29 bits per heavy atom. The molecule has 0 amide bonds. The SMILES string of the molecule is Cc1c[c-]c(-c2[c-]c(C)[nH]n2)cc1.[W+2]. The zero-order valence-corrected chi connectivity index (χ0v) is 11.0. The predicted octanol–water partition coefficient (Wildman–Crippen LogP) is 2.29. The van der Waals surface area contributed by atoms with Crippen molar-refractivity contribution in [2.24, 2.45) is 0 Å². The zero-order chi connectivity index (χ0) is 9.26. The van der Waals surface area contributed by atoms with Gasteiger partial charge in [0.1, 0.15) is 0 Å². The zero-order valence-electron chi connectivity index (χ0n) is 8.09. The fourth-order valence-corrected chi connectivity index (χ4v) is 1.15. The molecule has 2 nitrogen and oxygen atoms in total. The third-order valence-electron chi connectivity index (χ3n) is 1.86. The van der Waals surface area contributed by atoms with Gasteiger partial charge in [0.05, 0.1) is 0 Å². The second kappa shape index (κ2) is 4.56. The van der Waals surface area contributed by atoms with E-state index in [0.29, 0.717) is 0 Å². The Balaban J connectivity index is 0.000000980. The summed E-state index contributed by atoms with van der Waals surface area (Å²) in [6.45, 7) is 3.98. The first-order valence-electron chi connectivity index (χ1n) is 4.19. The van der Waals surface area contributed by atoms with Crippen LogP contribution in [0.2, 0.25) is 0 Å². The fourth-order valence-electron chi connectivity index (χ4n) is 1.15. The summed E-state index contributed by atoms with van der Waals surface area (Å²) in [5.41, 5.74) is 3.97. The number of benzene rings is 1. The van der Waals surface area contributed by atoms with Gasteiger partial charge < -0.3 is 5.10 Å². The standard InChI is InChI=1S/C11H10N2.W/c1-8-3-5-10(6-4-8)11-7-9(2)12-13-11;/h3-5H,1-2H3,(H,12,13);/q-2;+2. The topological polar surface area (TPSA) is 28.7 Å². The van der Waals surface area contributed by atoms with Gasteiger partial charge in [-0.15, -0.1) is 5.56 Å². The predicted molar refractivity (Wildman–Crippen MR) is 51.2 cm³/mol. The Morgan fingerprint density at radius 3 is 2.57 bits per heavy atom. The molecule has 0 aliphatic heterocycles. The second-order valence-electron chi connectivity index (χ2n) is 3.10. The van der Waals surface area contributed by atoms with E-state index in [1.54, 1.807) is 0 Å². The summed E-state index contributed by atoms with van der Waals surface area (Å²) in [5.74, 6) is 0. The number of hydrogen-bond acceptors (Lipinski definition) is 1. The maximum absolute atomic E-state index is 4.10. The van der Waals surface area contributed by atoms with Crippen LogP contribution in [0.4, 0.5) is 0 Å². The number of aromatic amines is 1. The van der Waals surface area contributed by atoms with Gasteiger partial charge in [-0.05, 0) is 6.92 Å². The average Bonchev–Trinajstić information content (AvgIpc) is 2.53. The molecule has 0 bridgehead atoms. The molecule has 1 heterocycles. The molecule has 0 unspecified atom stereocenters. The van der Waals surface area contributed by atoms with Gasteiger partial charge in [0.15, 0.2) is 0 Å². The van der Waals surface area contributed by atoms with Crippen molar-refractivity contribution in [2.45, 2.75) is 13.8 Å². The molecule has 1 aromatic carbocycles. The maximum atomic E-state index is 4.10. The number of nitrogens with zero attached hydrogens (tertiary/aromatic N) is 1. The van der Waals surface area contributed by atoms with Crippen molar-refractivity contribution in [3.05, 3.63) is 41.6 Å². The second-order valence-corrected chi connectivity index (χ2v) is 3.10. The third-order valence-corrected chi connectivity index (χ3v) is 1.86. The first-order valence-corrected chi connectivity index (χ1v) is 4.19. The Kier molecular flexibility index (Phi) is 3.65. The number of H-pyrrole nitrogens is 1. The van der Waals surface area contributed by atoms with Crippen molar-refractivity contribution in [3.63, 3.8) is 0 Å². The first kappa shape index (κ1) is 11.2. The van der Waals surface area contributed by atoms with Gasteiger partial charge in [0.25, 0.3) is 0 Å². The molecule has 70 valence electrons. The maximum Gasteiger partial charge on any atom is 2.00 e. The smallest absolute Gasteiger partial charge is 0.314 e. The van der Waals surface area contributed by atoms with Crippen LogP contribution in [-0.2, 0) is 21.1 Å². The van der Waals surface area contributed by atoms with E-state index < -0.39 is 0 Å². The van der Waals surface area contributed by atoms with Gasteiger partial charge in [0.2, 0.25) is 0 Å². The number of aromatic nitrogens is 2. The molecule has 0 saturated heterocycles. The molecule has 0 radical (unpaired) electrons. The summed E-state index contributed by atoms with van der Waals surface area (Å²) in [7, 11) is 0. The molecule has 0 aliphatic rings. The Bertz CT molecular complexity index is 403. The van der Waals surface area contributed by atoms with Crippen LogP contribution >= 0.6 is 0 Å². The first-order chi connectivity index (χ1) is 6.25. The van der Waals surface area contributed by atoms with Crippen LogP contribution in [0.1, 0.15) is 11.3 Å². The minimum atomic E-state index is 0. The monoisotopic (exact) mass is 354 g/mol. The van der Waals surface area contributed by atoms with Crippen molar-refractivity contribution < 1.29 is 21.1 Å². The van der Waals surface area contributed by atoms with E-state index in [9.17, 15) is 0 Å². The van der Waals surface area contributed by atoms with E-state index in [-0.39, 0.29) is 21.1 Å². The van der Waals surface area contributed by atoms with Crippen LogP contribution in [0.3, 0.4) is 0 Å². The number of aryl methyl sites for hydroxylation is 2. The van der Waals surface area contributed by atoms with E-state index in [2.05, 4.69) is 22.3 Å². The van der Waals surface area contributed by atoms with Crippen molar-refractivity contribution >= 4 is 0 Å². The van der Waals surface area contributed by atoms with Gasteiger partial charge in [-0.1, -0.05) is 12.6 Å². The van der Waals surface area contributed by atoms with Gasteiger partial charge in [0, 0.05) is 0 Å². The quantitative estimate of drug-likeness (QED) is 0.783. The van der Waals surface area contributed by atoms with E-state index in [0.717, 1.165) is 17.0 Å². The molecule has 0 aliphatic carbocycles. The molecule has 0 atom stereocenters. The molecule has 0 spiro atoms. The molecule has 0 fully saturated rings. The van der Waals surface area contributed by atoms with Crippen LogP contribution in [0.5, 0.6) is 0 Å². The summed E-state index contributed by atoms with van der Waals surface area (Å²) in [5, 5.41) is 6.96. The normalized spacial score (nSPS) is 9.57. The number of rotatable bonds is 1. The molecular weight excluding hydrogens is 344 g/mol. The van der Waals surface area contributed by atoms with E-state index in [4.69, 9.17) is 0 Å². The molecular formula is C11H10N2W. The molecule has 1 N–H and O–H groups in total. The molecule has 2 rings (SSSR count). The summed E-state index contributed by atoms with van der Waals surface area (Å²) in [6, 6.07) is 12.3. The van der Waals surface area contributed by atoms with Crippen molar-refractivity contribution in [2.75, 3.05) is 0 Å². The molecule has 3 heteroatoms. The summed E-state index contributed by atoms with van der Waals surface area (Å²) in [4.78, 5) is 0. The van der Waals surface area contributed by atoms with Crippen LogP contribution in [-0.4, -0.2) is 10.2 Å². The van der Waals surface area contributed by atoms with E-state index in [1.165, 1.54) is 5.56 Å². The Labute approximate surface area is 98.0 Å². The molecule has 2 aromatic rings. The largest absolute Gasteiger partial charge is 2.00 e. The summed E-state index contributed by atoms with van der Waals surface area (Å²) in [6.07, 6.45) is 0. The fraction of sp³-hybridized carbons (Fsp3) is 0.182. The number of hydrogen-bond donors (Lipinski definition) is 1. The summed E-state index contributed by atoms with van der Waals surface area (Å²) >= 11 is 0. The van der Waals surface area contributed by atoms with Gasteiger partial charge in [-0.2, -0.15) is 17.8 Å². The Morgan fingerprint density at radius 2 is 2.07 bits per heavy atom. The van der Waals surface area contributed by atoms with E-state index in [1.807, 2.05) is 32.0 Å². The van der Waals surface area contributed by atoms with Gasteiger partial charge in [-0.25, -0.2) is 12.1 Å². The van der Waals surface area contributed by atoms with Crippen molar-refractivity contribution in [3.8, 4) is 11.3 Å². The molecule has 0 saturated carbocycles. The Hall–Kier alpha value is -0.882. The third kappa shape index (κ3) is 2.33. The van der Waals surface area contributed by atoms with Crippen molar-refractivity contribution in [1.82, 2.24) is 10.2 Å². The van der Waals surface area contributed by atoms with Crippen LogP contribution < -0.4 is 0 Å². The van der Waals surface area contributed by atoms with Gasteiger partial charge in [-0.3, -0.25) is 16.7 Å². The van der Waals surface area contributed by atoms with Gasteiger partial charge >= 0.3 is 21.1 Å². The average molecular weight is 354 g/mol. The minimum absolute atomic E-state index is 0. The minimum Gasteiger partial charge on any atom is -0.314 e. The van der Waals surface area contributed by atoms with E-state index >= 15 is 0 Å².